The second-order valence-corrected chi connectivity index (χ2v) is 3.78. The van der Waals surface area contributed by atoms with Gasteiger partial charge in [0.15, 0.2) is 0 Å². The molecule has 0 aliphatic carbocycles. The smallest absolute Gasteiger partial charge is 0.302 e. The minimum Gasteiger partial charge on any atom is -0.302 e. The molecule has 1 rings (SSSR count). The second-order valence-electron chi connectivity index (χ2n) is 3.78. The van der Waals surface area contributed by atoms with Crippen LogP contribution in [0, 0.1) is 15.9 Å². The number of nitro groups is 1. The largest absolute Gasteiger partial charge is 0.304 e. The minimum absolute atomic E-state index is 0.470. The lowest BCUT2D eigenvalue weighted by molar-refractivity contribution is -0.387. The van der Waals surface area contributed by atoms with Crippen LogP contribution in [0.3, 0.4) is 0 Å². The molecule has 0 N–H and O–H groups in total. The molecular weight excluding hydrogens is 211 g/mol. The van der Waals surface area contributed by atoms with Crippen LogP contribution in [-0.4, -0.2) is 23.4 Å². The highest BCUT2D eigenvalue weighted by molar-refractivity contribution is 5.34. The number of benzene rings is 1. The first-order valence-electron chi connectivity index (χ1n) is 5.16. The number of hydrogen-bond acceptors (Lipinski definition) is 3. The summed E-state index contributed by atoms with van der Waals surface area (Å²) in [6.45, 7) is 3.58. The summed E-state index contributed by atoms with van der Waals surface area (Å²) in [7, 11) is 1.93. The van der Waals surface area contributed by atoms with E-state index in [-0.39, 0.29) is 0 Å². The van der Waals surface area contributed by atoms with E-state index in [2.05, 4.69) is 6.92 Å². The SMILES string of the molecule is CCCN(C)Cc1ccc([N+](=O)[O-])c(F)c1. The molecule has 16 heavy (non-hydrogen) atoms. The standard InChI is InChI=1S/C11H15FN2O2/c1-3-6-13(2)8-9-4-5-11(14(15)16)10(12)7-9/h4-5,7H,3,6,8H2,1-2H3. The number of halogens is 1. The fraction of sp³-hybridized carbons (Fsp3) is 0.455. The molecule has 0 aromatic heterocycles. The molecule has 0 fully saturated rings. The third kappa shape index (κ3) is 3.27. The highest BCUT2D eigenvalue weighted by Gasteiger charge is 2.13. The predicted octanol–water partition coefficient (Wildman–Crippen LogP) is 2.58. The lowest BCUT2D eigenvalue weighted by Gasteiger charge is -2.15. The molecule has 4 nitrogen and oxygen atoms in total. The van der Waals surface area contributed by atoms with E-state index >= 15 is 0 Å². The van der Waals surface area contributed by atoms with Gasteiger partial charge in [-0.15, -0.1) is 0 Å². The lowest BCUT2D eigenvalue weighted by Crippen LogP contribution is -2.18. The Labute approximate surface area is 93.8 Å². The fourth-order valence-corrected chi connectivity index (χ4v) is 1.57. The van der Waals surface area contributed by atoms with Crippen LogP contribution in [0.15, 0.2) is 18.2 Å². The summed E-state index contributed by atoms with van der Waals surface area (Å²) in [4.78, 5) is 11.7. The van der Waals surface area contributed by atoms with Gasteiger partial charge in [-0.2, -0.15) is 4.39 Å². The Bertz CT molecular complexity index is 382. The van der Waals surface area contributed by atoms with Crippen molar-refractivity contribution >= 4 is 5.69 Å². The van der Waals surface area contributed by atoms with Crippen molar-refractivity contribution in [3.63, 3.8) is 0 Å². The van der Waals surface area contributed by atoms with Gasteiger partial charge in [0, 0.05) is 12.6 Å². The molecule has 0 aliphatic rings. The molecule has 0 saturated heterocycles. The average Bonchev–Trinajstić information content (AvgIpc) is 2.17. The summed E-state index contributed by atoms with van der Waals surface area (Å²) >= 11 is 0. The van der Waals surface area contributed by atoms with Crippen LogP contribution in [0.4, 0.5) is 10.1 Å². The number of nitrogens with zero attached hydrogens (tertiary/aromatic N) is 2. The molecule has 0 heterocycles. The van der Waals surface area contributed by atoms with Crippen molar-refractivity contribution in [2.45, 2.75) is 19.9 Å². The number of rotatable bonds is 5. The molecule has 0 saturated carbocycles. The van der Waals surface area contributed by atoms with E-state index in [9.17, 15) is 14.5 Å². The summed E-state index contributed by atoms with van der Waals surface area (Å²) in [5, 5.41) is 10.4. The Hall–Kier alpha value is -1.49. The van der Waals surface area contributed by atoms with E-state index in [1.807, 2.05) is 11.9 Å². The Kier molecular flexibility index (Phi) is 4.37. The quantitative estimate of drug-likeness (QED) is 0.572. The maximum atomic E-state index is 13.3. The van der Waals surface area contributed by atoms with Crippen molar-refractivity contribution in [2.75, 3.05) is 13.6 Å². The minimum atomic E-state index is -0.771. The van der Waals surface area contributed by atoms with E-state index in [0.29, 0.717) is 6.54 Å². The van der Waals surface area contributed by atoms with Gasteiger partial charge in [0.2, 0.25) is 5.82 Å². The van der Waals surface area contributed by atoms with Crippen LogP contribution in [0.5, 0.6) is 0 Å². The van der Waals surface area contributed by atoms with E-state index in [1.54, 1.807) is 6.07 Å². The van der Waals surface area contributed by atoms with Gasteiger partial charge in [-0.3, -0.25) is 10.1 Å². The lowest BCUT2D eigenvalue weighted by atomic mass is 10.2. The van der Waals surface area contributed by atoms with Crippen LogP contribution >= 0.6 is 0 Å². The van der Waals surface area contributed by atoms with Gasteiger partial charge in [0.05, 0.1) is 4.92 Å². The third-order valence-corrected chi connectivity index (χ3v) is 2.27. The van der Waals surface area contributed by atoms with Gasteiger partial charge in [0.25, 0.3) is 0 Å². The van der Waals surface area contributed by atoms with E-state index in [0.717, 1.165) is 18.5 Å². The van der Waals surface area contributed by atoms with Crippen LogP contribution in [0.2, 0.25) is 0 Å². The Morgan fingerprint density at radius 1 is 1.50 bits per heavy atom. The molecule has 1 aromatic rings. The maximum absolute atomic E-state index is 13.3. The van der Waals surface area contributed by atoms with E-state index in [4.69, 9.17) is 0 Å². The fourth-order valence-electron chi connectivity index (χ4n) is 1.57. The summed E-state index contributed by atoms with van der Waals surface area (Å²) < 4.78 is 13.3. The summed E-state index contributed by atoms with van der Waals surface area (Å²) in [6.07, 6.45) is 1.02. The first-order valence-corrected chi connectivity index (χ1v) is 5.16. The Morgan fingerprint density at radius 2 is 2.19 bits per heavy atom. The topological polar surface area (TPSA) is 46.4 Å². The van der Waals surface area contributed by atoms with E-state index < -0.39 is 16.4 Å². The first kappa shape index (κ1) is 12.6. The van der Waals surface area contributed by atoms with Crippen LogP contribution < -0.4 is 0 Å². The van der Waals surface area contributed by atoms with Crippen molar-refractivity contribution in [3.05, 3.63) is 39.7 Å². The van der Waals surface area contributed by atoms with Crippen LogP contribution in [0.25, 0.3) is 0 Å². The summed E-state index contributed by atoms with van der Waals surface area (Å²) in [6, 6.07) is 4.03. The highest BCUT2D eigenvalue weighted by Crippen LogP contribution is 2.18. The van der Waals surface area contributed by atoms with Gasteiger partial charge in [0.1, 0.15) is 0 Å². The molecule has 0 aliphatic heterocycles. The molecule has 5 heteroatoms. The van der Waals surface area contributed by atoms with Gasteiger partial charge >= 0.3 is 5.69 Å². The zero-order valence-corrected chi connectivity index (χ0v) is 9.44. The average molecular weight is 226 g/mol. The van der Waals surface area contributed by atoms with Gasteiger partial charge < -0.3 is 4.90 Å². The molecule has 0 spiro atoms. The van der Waals surface area contributed by atoms with Gasteiger partial charge in [-0.1, -0.05) is 13.0 Å². The zero-order chi connectivity index (χ0) is 12.1. The van der Waals surface area contributed by atoms with Gasteiger partial charge in [-0.25, -0.2) is 0 Å². The molecule has 0 radical (unpaired) electrons. The van der Waals surface area contributed by atoms with Crippen molar-refractivity contribution in [2.24, 2.45) is 0 Å². The normalized spacial score (nSPS) is 10.8. The summed E-state index contributed by atoms with van der Waals surface area (Å²) in [5.74, 6) is -0.771. The molecule has 0 amide bonds. The van der Waals surface area contributed by atoms with Crippen LogP contribution in [0.1, 0.15) is 18.9 Å². The molecule has 0 atom stereocenters. The molecular formula is C11H15FN2O2. The Balaban J connectivity index is 2.77. The molecule has 1 aromatic carbocycles. The molecule has 0 bridgehead atoms. The van der Waals surface area contributed by atoms with Crippen molar-refractivity contribution < 1.29 is 9.31 Å². The van der Waals surface area contributed by atoms with Crippen molar-refractivity contribution in [1.82, 2.24) is 4.90 Å². The van der Waals surface area contributed by atoms with Crippen molar-refractivity contribution in [3.8, 4) is 0 Å². The second kappa shape index (κ2) is 5.55. The zero-order valence-electron chi connectivity index (χ0n) is 9.44. The summed E-state index contributed by atoms with van der Waals surface area (Å²) in [5.41, 5.74) is 0.279. The first-order chi connectivity index (χ1) is 7.54. The van der Waals surface area contributed by atoms with E-state index in [1.165, 1.54) is 12.1 Å². The predicted molar refractivity (Wildman–Crippen MR) is 59.7 cm³/mol. The highest BCUT2D eigenvalue weighted by atomic mass is 19.1. The molecule has 0 unspecified atom stereocenters. The monoisotopic (exact) mass is 226 g/mol. The van der Waals surface area contributed by atoms with Crippen LogP contribution in [-0.2, 0) is 6.54 Å². The Morgan fingerprint density at radius 3 is 2.69 bits per heavy atom. The number of nitro benzene ring substituents is 1. The molecule has 88 valence electrons. The van der Waals surface area contributed by atoms with Gasteiger partial charge in [-0.05, 0) is 31.6 Å². The van der Waals surface area contributed by atoms with Crippen molar-refractivity contribution in [1.29, 1.82) is 0 Å². The number of hydrogen-bond donors (Lipinski definition) is 0. The third-order valence-electron chi connectivity index (χ3n) is 2.27. The maximum Gasteiger partial charge on any atom is 0.304 e.